The van der Waals surface area contributed by atoms with Crippen LogP contribution in [0.3, 0.4) is 0 Å². The monoisotopic (exact) mass is 241 g/mol. The zero-order chi connectivity index (χ0) is 13.0. The number of hydrogen-bond donors (Lipinski definition) is 1. The summed E-state index contributed by atoms with van der Waals surface area (Å²) in [7, 11) is 4.86. The highest BCUT2D eigenvalue weighted by atomic mass is 16.5. The molecule has 0 saturated carbocycles. The maximum absolute atomic E-state index is 11.5. The summed E-state index contributed by atoms with van der Waals surface area (Å²) in [6.45, 7) is 4.03. The first-order valence-corrected chi connectivity index (χ1v) is 5.42. The van der Waals surface area contributed by atoms with Gasteiger partial charge in [0.15, 0.2) is 0 Å². The molecule has 0 aromatic carbocycles. The summed E-state index contributed by atoms with van der Waals surface area (Å²) in [5, 5.41) is 6.95. The van der Waals surface area contributed by atoms with Crippen LogP contribution in [0.15, 0.2) is 0 Å². The highest BCUT2D eigenvalue weighted by Gasteiger charge is 2.18. The molecule has 1 amide bonds. The van der Waals surface area contributed by atoms with Crippen molar-refractivity contribution in [2.75, 3.05) is 14.2 Å². The van der Waals surface area contributed by atoms with Crippen molar-refractivity contribution in [2.24, 2.45) is 13.0 Å². The topological polar surface area (TPSA) is 65.4 Å². The van der Waals surface area contributed by atoms with E-state index in [9.17, 15) is 4.79 Å². The van der Waals surface area contributed by atoms with E-state index in [1.165, 1.54) is 7.11 Å². The van der Waals surface area contributed by atoms with Gasteiger partial charge in [-0.1, -0.05) is 13.8 Å². The fourth-order valence-corrected chi connectivity index (χ4v) is 1.48. The molecule has 1 rings (SSSR count). The van der Waals surface area contributed by atoms with E-state index in [-0.39, 0.29) is 11.8 Å². The first kappa shape index (κ1) is 13.3. The third kappa shape index (κ3) is 2.89. The maximum atomic E-state index is 11.5. The molecule has 0 aliphatic heterocycles. The second-order valence-electron chi connectivity index (χ2n) is 3.99. The van der Waals surface area contributed by atoms with Gasteiger partial charge in [0.2, 0.25) is 17.7 Å². The fourth-order valence-electron chi connectivity index (χ4n) is 1.48. The van der Waals surface area contributed by atoms with E-state index in [2.05, 4.69) is 10.4 Å². The van der Waals surface area contributed by atoms with Gasteiger partial charge in [0.25, 0.3) is 0 Å². The van der Waals surface area contributed by atoms with Crippen LogP contribution in [0.2, 0.25) is 0 Å². The van der Waals surface area contributed by atoms with E-state index in [1.807, 2.05) is 13.8 Å². The first-order valence-electron chi connectivity index (χ1n) is 5.42. The maximum Gasteiger partial charge on any atom is 0.241 e. The van der Waals surface area contributed by atoms with Gasteiger partial charge in [-0.2, -0.15) is 0 Å². The van der Waals surface area contributed by atoms with Gasteiger partial charge in [-0.15, -0.1) is 5.10 Å². The molecule has 0 radical (unpaired) electrons. The van der Waals surface area contributed by atoms with Crippen molar-refractivity contribution in [3.05, 3.63) is 5.56 Å². The van der Waals surface area contributed by atoms with Crippen molar-refractivity contribution < 1.29 is 14.3 Å². The van der Waals surface area contributed by atoms with Gasteiger partial charge < -0.3 is 14.8 Å². The van der Waals surface area contributed by atoms with Crippen molar-refractivity contribution in [2.45, 2.75) is 20.4 Å². The molecule has 1 aromatic heterocycles. The van der Waals surface area contributed by atoms with Crippen LogP contribution in [0.4, 0.5) is 0 Å². The molecule has 1 N–H and O–H groups in total. The first-order chi connectivity index (χ1) is 8.01. The SMILES string of the molecule is COc1nn(C)c(OC)c1CNC(=O)C(C)C. The molecule has 0 atom stereocenters. The zero-order valence-electron chi connectivity index (χ0n) is 10.9. The smallest absolute Gasteiger partial charge is 0.241 e. The summed E-state index contributed by atoms with van der Waals surface area (Å²) in [5.41, 5.74) is 0.742. The lowest BCUT2D eigenvalue weighted by Crippen LogP contribution is -2.27. The molecule has 17 heavy (non-hydrogen) atoms. The number of ether oxygens (including phenoxy) is 2. The minimum absolute atomic E-state index is 0.0158. The summed E-state index contributed by atoms with van der Waals surface area (Å²) in [4.78, 5) is 11.5. The van der Waals surface area contributed by atoms with E-state index in [0.29, 0.717) is 18.3 Å². The molecule has 6 heteroatoms. The number of carbonyl (C=O) groups excluding carboxylic acids is 1. The van der Waals surface area contributed by atoms with Crippen LogP contribution in [0.5, 0.6) is 11.8 Å². The van der Waals surface area contributed by atoms with Crippen LogP contribution < -0.4 is 14.8 Å². The van der Waals surface area contributed by atoms with Crippen LogP contribution in [0.1, 0.15) is 19.4 Å². The lowest BCUT2D eigenvalue weighted by Gasteiger charge is -2.08. The average Bonchev–Trinajstić information content (AvgIpc) is 2.61. The second kappa shape index (κ2) is 5.56. The standard InChI is InChI=1S/C11H19N3O3/c1-7(2)9(15)12-6-8-10(16-4)13-14(3)11(8)17-5/h7H,6H2,1-5H3,(H,12,15). The number of amides is 1. The van der Waals surface area contributed by atoms with Crippen LogP contribution >= 0.6 is 0 Å². The highest BCUT2D eigenvalue weighted by Crippen LogP contribution is 2.26. The summed E-state index contributed by atoms with van der Waals surface area (Å²) in [5.74, 6) is 0.987. The Kier molecular flexibility index (Phi) is 4.37. The van der Waals surface area contributed by atoms with E-state index in [0.717, 1.165) is 5.56 Å². The number of hydrogen-bond acceptors (Lipinski definition) is 4. The van der Waals surface area contributed by atoms with Gasteiger partial charge in [0.05, 0.1) is 26.3 Å². The quantitative estimate of drug-likeness (QED) is 0.824. The van der Waals surface area contributed by atoms with Crippen LogP contribution in [-0.4, -0.2) is 29.9 Å². The van der Waals surface area contributed by atoms with Gasteiger partial charge in [-0.05, 0) is 0 Å². The Morgan fingerprint density at radius 3 is 2.53 bits per heavy atom. The molecular formula is C11H19N3O3. The van der Waals surface area contributed by atoms with Gasteiger partial charge in [0, 0.05) is 13.0 Å². The molecule has 0 aliphatic rings. The Morgan fingerprint density at radius 1 is 1.41 bits per heavy atom. The Balaban J connectivity index is 2.85. The summed E-state index contributed by atoms with van der Waals surface area (Å²) in [6, 6.07) is 0. The molecule has 0 unspecified atom stereocenters. The van der Waals surface area contributed by atoms with Crippen molar-refractivity contribution in [3.63, 3.8) is 0 Å². The van der Waals surface area contributed by atoms with Gasteiger partial charge in [0.1, 0.15) is 0 Å². The molecule has 96 valence electrons. The van der Waals surface area contributed by atoms with Gasteiger partial charge >= 0.3 is 0 Å². The number of methoxy groups -OCH3 is 2. The lowest BCUT2D eigenvalue weighted by molar-refractivity contribution is -0.124. The minimum Gasteiger partial charge on any atom is -0.481 e. The number of nitrogens with one attached hydrogen (secondary N) is 1. The summed E-state index contributed by atoms with van der Waals surface area (Å²) < 4.78 is 11.9. The number of aromatic nitrogens is 2. The Morgan fingerprint density at radius 2 is 2.06 bits per heavy atom. The summed E-state index contributed by atoms with van der Waals surface area (Å²) >= 11 is 0. The number of nitrogens with zero attached hydrogens (tertiary/aromatic N) is 2. The predicted molar refractivity (Wildman–Crippen MR) is 63.0 cm³/mol. The summed E-state index contributed by atoms with van der Waals surface area (Å²) in [6.07, 6.45) is 0. The lowest BCUT2D eigenvalue weighted by atomic mass is 10.2. The Labute approximate surface area is 101 Å². The number of rotatable bonds is 5. The van der Waals surface area contributed by atoms with Crippen LogP contribution in [0.25, 0.3) is 0 Å². The molecule has 6 nitrogen and oxygen atoms in total. The van der Waals surface area contributed by atoms with Crippen molar-refractivity contribution in [3.8, 4) is 11.8 Å². The fraction of sp³-hybridized carbons (Fsp3) is 0.636. The molecular weight excluding hydrogens is 222 g/mol. The molecule has 1 aromatic rings. The van der Waals surface area contributed by atoms with E-state index in [1.54, 1.807) is 18.8 Å². The van der Waals surface area contributed by atoms with Gasteiger partial charge in [-0.25, -0.2) is 4.68 Å². The second-order valence-corrected chi connectivity index (χ2v) is 3.99. The predicted octanol–water partition coefficient (Wildman–Crippen LogP) is 0.709. The number of carbonyl (C=O) groups is 1. The normalized spacial score (nSPS) is 10.5. The molecule has 0 aliphatic carbocycles. The van der Waals surface area contributed by atoms with Gasteiger partial charge in [-0.3, -0.25) is 4.79 Å². The van der Waals surface area contributed by atoms with Crippen molar-refractivity contribution in [1.29, 1.82) is 0 Å². The molecule has 0 bridgehead atoms. The highest BCUT2D eigenvalue weighted by molar-refractivity contribution is 5.77. The molecule has 0 fully saturated rings. The minimum atomic E-state index is -0.0522. The van der Waals surface area contributed by atoms with Crippen molar-refractivity contribution >= 4 is 5.91 Å². The van der Waals surface area contributed by atoms with E-state index in [4.69, 9.17) is 9.47 Å². The van der Waals surface area contributed by atoms with Crippen LogP contribution in [-0.2, 0) is 18.4 Å². The zero-order valence-corrected chi connectivity index (χ0v) is 10.9. The average molecular weight is 241 g/mol. The van der Waals surface area contributed by atoms with Crippen molar-refractivity contribution in [1.82, 2.24) is 15.1 Å². The third-order valence-electron chi connectivity index (χ3n) is 2.40. The Hall–Kier alpha value is -1.72. The largest absolute Gasteiger partial charge is 0.481 e. The molecule has 0 saturated heterocycles. The molecule has 0 spiro atoms. The van der Waals surface area contributed by atoms with E-state index < -0.39 is 0 Å². The molecule has 1 heterocycles. The third-order valence-corrected chi connectivity index (χ3v) is 2.40. The van der Waals surface area contributed by atoms with Crippen LogP contribution in [0, 0.1) is 5.92 Å². The Bertz CT molecular complexity index is 399. The number of aryl methyl sites for hydroxylation is 1. The van der Waals surface area contributed by atoms with E-state index >= 15 is 0 Å².